The first-order valence-electron chi connectivity index (χ1n) is 10.1. The number of hydrogen-bond donors (Lipinski definition) is 1. The van der Waals surface area contributed by atoms with Crippen LogP contribution >= 0.6 is 0 Å². The summed E-state index contributed by atoms with van der Waals surface area (Å²) in [5.74, 6) is 0.411. The molecule has 0 unspecified atom stereocenters. The second-order valence-corrected chi connectivity index (χ2v) is 8.26. The van der Waals surface area contributed by atoms with Crippen molar-refractivity contribution >= 4 is 0 Å². The highest BCUT2D eigenvalue weighted by atomic mass is 16.5. The standard InChI is InChI=1S/C24H33NO2/c1-19(2)17-24(26,22-11-9-20(3)10-12-22)23(21-7-5-4-6-8-21)18-25-13-15-27-16-14-25/h4-12,19,23,26H,13-18H2,1-3H3/t23-,24+/m1/s1. The van der Waals surface area contributed by atoms with Gasteiger partial charge in [-0.25, -0.2) is 0 Å². The van der Waals surface area contributed by atoms with Crippen molar-refractivity contribution < 1.29 is 9.84 Å². The molecule has 1 aliphatic heterocycles. The van der Waals surface area contributed by atoms with Gasteiger partial charge in [-0.1, -0.05) is 74.0 Å². The lowest BCUT2D eigenvalue weighted by Crippen LogP contribution is -2.45. The summed E-state index contributed by atoms with van der Waals surface area (Å²) in [5, 5.41) is 12.1. The zero-order chi connectivity index (χ0) is 19.3. The van der Waals surface area contributed by atoms with Gasteiger partial charge in [0.1, 0.15) is 0 Å². The molecule has 0 aliphatic carbocycles. The zero-order valence-corrected chi connectivity index (χ0v) is 16.9. The van der Waals surface area contributed by atoms with Crippen LogP contribution in [0.3, 0.4) is 0 Å². The lowest BCUT2D eigenvalue weighted by atomic mass is 9.72. The van der Waals surface area contributed by atoms with Gasteiger partial charge in [-0.05, 0) is 30.4 Å². The van der Waals surface area contributed by atoms with Crippen LogP contribution in [0.25, 0.3) is 0 Å². The average molecular weight is 368 g/mol. The summed E-state index contributed by atoms with van der Waals surface area (Å²) in [6, 6.07) is 18.9. The molecule has 2 aromatic rings. The second kappa shape index (κ2) is 9.01. The fourth-order valence-electron chi connectivity index (χ4n) is 4.19. The number of benzene rings is 2. The Bertz CT molecular complexity index is 692. The zero-order valence-electron chi connectivity index (χ0n) is 16.9. The maximum atomic E-state index is 12.1. The Morgan fingerprint density at radius 1 is 1.00 bits per heavy atom. The normalized spacial score (nSPS) is 19.0. The van der Waals surface area contributed by atoms with E-state index in [1.165, 1.54) is 11.1 Å². The molecule has 1 saturated heterocycles. The molecule has 3 rings (SSSR count). The molecule has 3 nitrogen and oxygen atoms in total. The van der Waals surface area contributed by atoms with E-state index in [0.717, 1.165) is 44.8 Å². The number of ether oxygens (including phenoxy) is 1. The number of hydrogen-bond acceptors (Lipinski definition) is 3. The predicted molar refractivity (Wildman–Crippen MR) is 111 cm³/mol. The largest absolute Gasteiger partial charge is 0.384 e. The molecule has 2 atom stereocenters. The minimum absolute atomic E-state index is 0.0157. The fourth-order valence-corrected chi connectivity index (χ4v) is 4.19. The van der Waals surface area contributed by atoms with E-state index < -0.39 is 5.60 Å². The number of aryl methyl sites for hydroxylation is 1. The van der Waals surface area contributed by atoms with Gasteiger partial charge < -0.3 is 9.84 Å². The van der Waals surface area contributed by atoms with Gasteiger partial charge in [0.15, 0.2) is 0 Å². The highest BCUT2D eigenvalue weighted by molar-refractivity contribution is 5.33. The van der Waals surface area contributed by atoms with Gasteiger partial charge in [-0.3, -0.25) is 4.90 Å². The van der Waals surface area contributed by atoms with Crippen molar-refractivity contribution in [2.75, 3.05) is 32.8 Å². The van der Waals surface area contributed by atoms with Crippen LogP contribution in [0.4, 0.5) is 0 Å². The monoisotopic (exact) mass is 367 g/mol. The topological polar surface area (TPSA) is 32.7 Å². The Kier molecular flexibility index (Phi) is 6.69. The van der Waals surface area contributed by atoms with Gasteiger partial charge in [-0.2, -0.15) is 0 Å². The summed E-state index contributed by atoms with van der Waals surface area (Å²) in [4.78, 5) is 2.43. The van der Waals surface area contributed by atoms with Crippen LogP contribution < -0.4 is 0 Å². The number of rotatable bonds is 7. The Balaban J connectivity index is 2.01. The molecule has 3 heteroatoms. The van der Waals surface area contributed by atoms with Crippen LogP contribution in [0, 0.1) is 12.8 Å². The molecule has 146 valence electrons. The highest BCUT2D eigenvalue weighted by Crippen LogP contribution is 2.42. The molecule has 1 heterocycles. The molecule has 0 aromatic heterocycles. The van der Waals surface area contributed by atoms with Crippen LogP contribution in [-0.2, 0) is 10.3 Å². The van der Waals surface area contributed by atoms with E-state index >= 15 is 0 Å². The van der Waals surface area contributed by atoms with Crippen LogP contribution in [0.15, 0.2) is 54.6 Å². The van der Waals surface area contributed by atoms with Crippen molar-refractivity contribution in [1.82, 2.24) is 4.90 Å². The second-order valence-electron chi connectivity index (χ2n) is 8.26. The van der Waals surface area contributed by atoms with E-state index in [-0.39, 0.29) is 5.92 Å². The quantitative estimate of drug-likeness (QED) is 0.790. The van der Waals surface area contributed by atoms with E-state index in [2.05, 4.69) is 74.2 Å². The molecular formula is C24H33NO2. The first kappa shape index (κ1) is 20.1. The first-order valence-corrected chi connectivity index (χ1v) is 10.1. The summed E-state index contributed by atoms with van der Waals surface area (Å²) in [6.45, 7) is 10.7. The molecule has 1 aliphatic rings. The van der Waals surface area contributed by atoms with E-state index in [1.807, 2.05) is 6.07 Å². The average Bonchev–Trinajstić information content (AvgIpc) is 2.67. The van der Waals surface area contributed by atoms with Gasteiger partial charge in [0.2, 0.25) is 0 Å². The predicted octanol–water partition coefficient (Wildman–Crippen LogP) is 4.34. The lowest BCUT2D eigenvalue weighted by Gasteiger charge is -2.42. The third-order valence-corrected chi connectivity index (χ3v) is 5.59. The minimum Gasteiger partial charge on any atom is -0.384 e. The minimum atomic E-state index is -0.901. The van der Waals surface area contributed by atoms with E-state index in [4.69, 9.17) is 4.74 Å². The van der Waals surface area contributed by atoms with Crippen LogP contribution in [0.5, 0.6) is 0 Å². The molecule has 27 heavy (non-hydrogen) atoms. The summed E-state index contributed by atoms with van der Waals surface area (Å²) in [6.07, 6.45) is 0.736. The van der Waals surface area contributed by atoms with Crippen LogP contribution in [0.2, 0.25) is 0 Å². The van der Waals surface area contributed by atoms with Crippen LogP contribution in [0.1, 0.15) is 42.9 Å². The van der Waals surface area contributed by atoms with E-state index in [1.54, 1.807) is 0 Å². The van der Waals surface area contributed by atoms with Crippen molar-refractivity contribution in [3.63, 3.8) is 0 Å². The van der Waals surface area contributed by atoms with Gasteiger partial charge in [0, 0.05) is 25.6 Å². The third kappa shape index (κ3) is 4.98. The van der Waals surface area contributed by atoms with Gasteiger partial charge >= 0.3 is 0 Å². The van der Waals surface area contributed by atoms with Crippen molar-refractivity contribution in [1.29, 1.82) is 0 Å². The summed E-state index contributed by atoms with van der Waals surface area (Å²) in [7, 11) is 0. The molecule has 0 saturated carbocycles. The number of nitrogens with zero attached hydrogens (tertiary/aromatic N) is 1. The third-order valence-electron chi connectivity index (χ3n) is 5.59. The molecular weight excluding hydrogens is 334 g/mol. The van der Waals surface area contributed by atoms with Gasteiger partial charge in [0.25, 0.3) is 0 Å². The Labute approximate surface area is 164 Å². The molecule has 1 fully saturated rings. The molecule has 2 aromatic carbocycles. The summed E-state index contributed by atoms with van der Waals surface area (Å²) >= 11 is 0. The van der Waals surface area contributed by atoms with Crippen LogP contribution in [-0.4, -0.2) is 42.9 Å². The summed E-state index contributed by atoms with van der Waals surface area (Å²) in [5.41, 5.74) is 2.54. The van der Waals surface area contributed by atoms with E-state index in [9.17, 15) is 5.11 Å². The highest BCUT2D eigenvalue weighted by Gasteiger charge is 2.40. The first-order chi connectivity index (χ1) is 13.0. The molecule has 1 N–H and O–H groups in total. The van der Waals surface area contributed by atoms with Crippen molar-refractivity contribution in [2.24, 2.45) is 5.92 Å². The van der Waals surface area contributed by atoms with Gasteiger partial charge in [-0.15, -0.1) is 0 Å². The summed E-state index contributed by atoms with van der Waals surface area (Å²) < 4.78 is 5.53. The number of aliphatic hydroxyl groups is 1. The molecule has 0 radical (unpaired) electrons. The Morgan fingerprint density at radius 2 is 1.63 bits per heavy atom. The van der Waals surface area contributed by atoms with Gasteiger partial charge in [0.05, 0.1) is 18.8 Å². The lowest BCUT2D eigenvalue weighted by molar-refractivity contribution is -0.0356. The maximum Gasteiger partial charge on any atom is 0.0979 e. The number of morpholine rings is 1. The van der Waals surface area contributed by atoms with Crippen molar-refractivity contribution in [2.45, 2.75) is 38.7 Å². The SMILES string of the molecule is Cc1ccc([C@@](O)(CC(C)C)[C@H](CN2CCOCC2)c2ccccc2)cc1. The molecule has 0 bridgehead atoms. The molecule has 0 amide bonds. The van der Waals surface area contributed by atoms with Crippen molar-refractivity contribution in [3.05, 3.63) is 71.3 Å². The smallest absolute Gasteiger partial charge is 0.0979 e. The maximum absolute atomic E-state index is 12.1. The van der Waals surface area contributed by atoms with Crippen molar-refractivity contribution in [3.8, 4) is 0 Å². The van der Waals surface area contributed by atoms with E-state index in [0.29, 0.717) is 5.92 Å². The fraction of sp³-hybridized carbons (Fsp3) is 0.500. The molecule has 0 spiro atoms. The Hall–Kier alpha value is -1.68. The Morgan fingerprint density at radius 3 is 2.22 bits per heavy atom.